The second-order valence-electron chi connectivity index (χ2n) is 8.58. The van der Waals surface area contributed by atoms with Crippen LogP contribution in [0.3, 0.4) is 0 Å². The molecule has 0 bridgehead atoms. The number of aromatic nitrogens is 4. The summed E-state index contributed by atoms with van der Waals surface area (Å²) >= 11 is 1.58. The number of anilines is 2. The van der Waals surface area contributed by atoms with Gasteiger partial charge in [-0.05, 0) is 12.1 Å². The Balaban J connectivity index is 1.40. The number of methoxy groups -OCH3 is 1. The maximum atomic E-state index is 12.8. The molecule has 2 aromatic heterocycles. The Morgan fingerprint density at radius 2 is 2.03 bits per heavy atom. The number of nitrogens with one attached hydrogen (secondary N) is 2. The van der Waals surface area contributed by atoms with Gasteiger partial charge in [0.25, 0.3) is 0 Å². The van der Waals surface area contributed by atoms with E-state index in [-0.39, 0.29) is 24.2 Å². The first-order valence-electron chi connectivity index (χ1n) is 11.7. The van der Waals surface area contributed by atoms with Crippen LogP contribution in [0, 0.1) is 5.92 Å². The molecule has 1 aromatic carbocycles. The molecule has 0 aliphatic carbocycles. The highest BCUT2D eigenvalue weighted by molar-refractivity contribution is 7.99. The van der Waals surface area contributed by atoms with Gasteiger partial charge >= 0.3 is 0 Å². The molecule has 11 heteroatoms. The zero-order chi connectivity index (χ0) is 24.8. The molecule has 0 radical (unpaired) electrons. The number of hydrogen-bond donors (Lipinski definition) is 2. The van der Waals surface area contributed by atoms with Crippen molar-refractivity contribution in [3.63, 3.8) is 0 Å². The zero-order valence-electron chi connectivity index (χ0n) is 20.2. The molecule has 1 aliphatic rings. The van der Waals surface area contributed by atoms with E-state index in [0.29, 0.717) is 48.8 Å². The lowest BCUT2D eigenvalue weighted by atomic mass is 10.1. The monoisotopic (exact) mass is 497 g/mol. The van der Waals surface area contributed by atoms with Crippen molar-refractivity contribution in [1.29, 1.82) is 0 Å². The lowest BCUT2D eigenvalue weighted by Crippen LogP contribution is -2.35. The van der Waals surface area contributed by atoms with Crippen LogP contribution in [0.15, 0.2) is 41.7 Å². The molecule has 0 saturated carbocycles. The van der Waals surface area contributed by atoms with Gasteiger partial charge in [0, 0.05) is 44.1 Å². The molecule has 1 unspecified atom stereocenters. The van der Waals surface area contributed by atoms with Gasteiger partial charge in [-0.25, -0.2) is 14.6 Å². The van der Waals surface area contributed by atoms with Crippen LogP contribution in [0.25, 0.3) is 11.0 Å². The molecule has 35 heavy (non-hydrogen) atoms. The van der Waals surface area contributed by atoms with Gasteiger partial charge in [-0.15, -0.1) is 0 Å². The Labute approximate surface area is 208 Å². The van der Waals surface area contributed by atoms with Gasteiger partial charge in [0.15, 0.2) is 10.8 Å². The fourth-order valence-electron chi connectivity index (χ4n) is 3.94. The number of carbonyl (C=O) groups is 2. The average Bonchev–Trinajstić information content (AvgIpc) is 3.43. The minimum Gasteiger partial charge on any atom is -0.383 e. The van der Waals surface area contributed by atoms with Crippen molar-refractivity contribution in [2.24, 2.45) is 5.92 Å². The summed E-state index contributed by atoms with van der Waals surface area (Å²) in [6.45, 7) is 6.59. The molecule has 1 fully saturated rings. The Kier molecular flexibility index (Phi) is 8.19. The third kappa shape index (κ3) is 6.09. The number of amides is 2. The number of para-hydroxylation sites is 1. The van der Waals surface area contributed by atoms with Gasteiger partial charge in [0.05, 0.1) is 30.7 Å². The SMILES string of the molecule is COCCNc1nc(SC(C)C)nc2c1cnn2CCNC(=O)C1CC(=O)N(c2ccccc2)C1. The van der Waals surface area contributed by atoms with E-state index in [0.717, 1.165) is 16.9 Å². The molecular formula is C24H31N7O3S. The third-order valence-electron chi connectivity index (χ3n) is 5.60. The van der Waals surface area contributed by atoms with E-state index in [1.54, 1.807) is 34.7 Å². The van der Waals surface area contributed by atoms with E-state index in [9.17, 15) is 9.59 Å². The molecule has 1 saturated heterocycles. The number of rotatable bonds is 11. The van der Waals surface area contributed by atoms with Gasteiger partial charge in [-0.3, -0.25) is 9.59 Å². The highest BCUT2D eigenvalue weighted by Crippen LogP contribution is 2.27. The highest BCUT2D eigenvalue weighted by atomic mass is 32.2. The van der Waals surface area contributed by atoms with Gasteiger partial charge in [0.1, 0.15) is 5.82 Å². The number of carbonyl (C=O) groups excluding carboxylic acids is 2. The average molecular weight is 498 g/mol. The molecule has 3 heterocycles. The van der Waals surface area contributed by atoms with E-state index < -0.39 is 0 Å². The van der Waals surface area contributed by atoms with Crippen LogP contribution in [0.5, 0.6) is 0 Å². The van der Waals surface area contributed by atoms with Crippen molar-refractivity contribution in [3.05, 3.63) is 36.5 Å². The quantitative estimate of drug-likeness (QED) is 0.236. The molecule has 0 spiro atoms. The van der Waals surface area contributed by atoms with E-state index >= 15 is 0 Å². The fourth-order valence-corrected chi connectivity index (χ4v) is 4.64. The zero-order valence-corrected chi connectivity index (χ0v) is 21.0. The van der Waals surface area contributed by atoms with Crippen molar-refractivity contribution >= 4 is 46.1 Å². The predicted molar refractivity (Wildman–Crippen MR) is 137 cm³/mol. The van der Waals surface area contributed by atoms with Crippen LogP contribution >= 0.6 is 11.8 Å². The van der Waals surface area contributed by atoms with Crippen molar-refractivity contribution in [2.45, 2.75) is 37.2 Å². The Morgan fingerprint density at radius 3 is 2.77 bits per heavy atom. The summed E-state index contributed by atoms with van der Waals surface area (Å²) in [4.78, 5) is 36.2. The van der Waals surface area contributed by atoms with E-state index in [4.69, 9.17) is 9.72 Å². The molecule has 4 rings (SSSR count). The summed E-state index contributed by atoms with van der Waals surface area (Å²) in [5, 5.41) is 12.6. The Hall–Kier alpha value is -3.18. The molecule has 1 atom stereocenters. The summed E-state index contributed by atoms with van der Waals surface area (Å²) in [6.07, 6.45) is 1.95. The molecule has 2 N–H and O–H groups in total. The number of thioether (sulfide) groups is 1. The van der Waals surface area contributed by atoms with E-state index in [1.165, 1.54) is 0 Å². The van der Waals surface area contributed by atoms with Crippen LogP contribution in [-0.2, 0) is 20.9 Å². The standard InChI is InChI=1S/C24H31N7O3S/c1-16(2)35-24-28-21(25-10-12-34-3)19-14-27-31(22(19)29-24)11-9-26-23(33)17-13-20(32)30(15-17)18-7-5-4-6-8-18/h4-8,14,16-17H,9-13,15H2,1-3H3,(H,26,33)(H,25,28,29). The van der Waals surface area contributed by atoms with Gasteiger partial charge in [-0.1, -0.05) is 43.8 Å². The number of fused-ring (bicyclic) bond motifs is 1. The van der Waals surface area contributed by atoms with E-state index in [2.05, 4.69) is 34.6 Å². The molecule has 1 aliphatic heterocycles. The number of ether oxygens (including phenoxy) is 1. The fraction of sp³-hybridized carbons (Fsp3) is 0.458. The van der Waals surface area contributed by atoms with Crippen molar-refractivity contribution in [1.82, 2.24) is 25.1 Å². The molecule has 10 nitrogen and oxygen atoms in total. The summed E-state index contributed by atoms with van der Waals surface area (Å²) < 4.78 is 6.91. The minimum absolute atomic E-state index is 0.0326. The van der Waals surface area contributed by atoms with Gasteiger partial charge < -0.3 is 20.3 Å². The number of hydrogen-bond acceptors (Lipinski definition) is 8. The second kappa shape index (κ2) is 11.5. The summed E-state index contributed by atoms with van der Waals surface area (Å²) in [7, 11) is 1.66. The van der Waals surface area contributed by atoms with Crippen LogP contribution in [0.1, 0.15) is 20.3 Å². The van der Waals surface area contributed by atoms with Crippen molar-refractivity contribution in [3.8, 4) is 0 Å². The molecule has 3 aromatic rings. The highest BCUT2D eigenvalue weighted by Gasteiger charge is 2.34. The minimum atomic E-state index is -0.370. The first-order chi connectivity index (χ1) is 17.0. The first-order valence-corrected chi connectivity index (χ1v) is 12.6. The third-order valence-corrected chi connectivity index (χ3v) is 6.47. The first kappa shape index (κ1) is 24.9. The largest absolute Gasteiger partial charge is 0.383 e. The Bertz CT molecular complexity index is 1170. The van der Waals surface area contributed by atoms with Gasteiger partial charge in [-0.2, -0.15) is 5.10 Å². The van der Waals surface area contributed by atoms with Crippen LogP contribution in [0.2, 0.25) is 0 Å². The normalized spacial score (nSPS) is 15.8. The lowest BCUT2D eigenvalue weighted by molar-refractivity contribution is -0.126. The predicted octanol–water partition coefficient (Wildman–Crippen LogP) is 2.55. The summed E-state index contributed by atoms with van der Waals surface area (Å²) in [6, 6.07) is 9.44. The summed E-state index contributed by atoms with van der Waals surface area (Å²) in [5.74, 6) is 0.191. The van der Waals surface area contributed by atoms with Crippen LogP contribution in [-0.4, -0.2) is 70.2 Å². The number of benzene rings is 1. The van der Waals surface area contributed by atoms with Gasteiger partial charge in [0.2, 0.25) is 11.8 Å². The van der Waals surface area contributed by atoms with E-state index in [1.807, 2.05) is 30.3 Å². The smallest absolute Gasteiger partial charge is 0.227 e. The Morgan fingerprint density at radius 1 is 1.23 bits per heavy atom. The summed E-state index contributed by atoms with van der Waals surface area (Å²) in [5.41, 5.74) is 1.53. The number of nitrogens with zero attached hydrogens (tertiary/aromatic N) is 5. The van der Waals surface area contributed by atoms with Crippen molar-refractivity contribution in [2.75, 3.05) is 43.6 Å². The molecule has 186 valence electrons. The maximum absolute atomic E-state index is 12.8. The molecule has 2 amide bonds. The molecular weight excluding hydrogens is 466 g/mol. The van der Waals surface area contributed by atoms with Crippen LogP contribution < -0.4 is 15.5 Å². The lowest BCUT2D eigenvalue weighted by Gasteiger charge is -2.16. The second-order valence-corrected chi connectivity index (χ2v) is 10.1. The maximum Gasteiger partial charge on any atom is 0.227 e. The topological polar surface area (TPSA) is 114 Å². The van der Waals surface area contributed by atoms with Crippen LogP contribution in [0.4, 0.5) is 11.5 Å². The van der Waals surface area contributed by atoms with Crippen molar-refractivity contribution < 1.29 is 14.3 Å².